The Labute approximate surface area is 127 Å². The van der Waals surface area contributed by atoms with Gasteiger partial charge in [-0.3, -0.25) is 0 Å². The molecule has 2 fully saturated rings. The van der Waals surface area contributed by atoms with Crippen LogP contribution in [0, 0.1) is 11.8 Å². The van der Waals surface area contributed by atoms with Gasteiger partial charge in [0.2, 0.25) is 0 Å². The number of aliphatic hydroxyl groups excluding tert-OH is 1. The van der Waals surface area contributed by atoms with E-state index in [2.05, 4.69) is 19.1 Å². The van der Waals surface area contributed by atoms with Crippen molar-refractivity contribution in [2.45, 2.75) is 57.5 Å². The molecule has 2 heterocycles. The fraction of sp³-hybridized carbons (Fsp3) is 0.667. The van der Waals surface area contributed by atoms with E-state index in [1.165, 1.54) is 5.56 Å². The molecule has 5 unspecified atom stereocenters. The first-order valence-corrected chi connectivity index (χ1v) is 8.24. The highest BCUT2D eigenvalue weighted by Gasteiger charge is 2.51. The molecule has 116 valence electrons. The Kier molecular flexibility index (Phi) is 4.94. The zero-order valence-corrected chi connectivity index (χ0v) is 12.8. The Hall–Kier alpha value is -0.900. The molecule has 1 N–H and O–H groups in total. The molecule has 0 amide bonds. The van der Waals surface area contributed by atoms with Gasteiger partial charge in [0, 0.05) is 11.8 Å². The van der Waals surface area contributed by atoms with Gasteiger partial charge in [-0.2, -0.15) is 0 Å². The molecule has 0 spiro atoms. The van der Waals surface area contributed by atoms with Crippen LogP contribution in [0.25, 0.3) is 0 Å². The predicted octanol–water partition coefficient (Wildman–Crippen LogP) is 3.16. The number of aliphatic hydroxyl groups is 1. The van der Waals surface area contributed by atoms with Gasteiger partial charge >= 0.3 is 0 Å². The molecule has 3 nitrogen and oxygen atoms in total. The van der Waals surface area contributed by atoms with Gasteiger partial charge in [-0.25, -0.2) is 0 Å². The molecule has 2 saturated heterocycles. The maximum Gasteiger partial charge on any atom is 0.0717 e. The molecule has 2 aliphatic rings. The Morgan fingerprint density at radius 3 is 2.76 bits per heavy atom. The Bertz CT molecular complexity index is 433. The standard InChI is InChI=1S/C18H26O3/c1-2-6-15(19)18-14(16-9-10-17(18)21-16)12-20-11-13-7-4-3-5-8-13/h3-5,7-8,14-19H,2,6,9-12H2,1H3. The minimum Gasteiger partial charge on any atom is -0.393 e. The number of rotatable bonds is 7. The molecular weight excluding hydrogens is 264 g/mol. The summed E-state index contributed by atoms with van der Waals surface area (Å²) in [5.41, 5.74) is 1.20. The lowest BCUT2D eigenvalue weighted by atomic mass is 9.75. The molecule has 5 atom stereocenters. The lowest BCUT2D eigenvalue weighted by molar-refractivity contribution is 0.00597. The summed E-state index contributed by atoms with van der Waals surface area (Å²) in [5.74, 6) is 0.619. The second-order valence-corrected chi connectivity index (χ2v) is 6.39. The van der Waals surface area contributed by atoms with Crippen LogP contribution < -0.4 is 0 Å². The molecular formula is C18H26O3. The molecule has 1 aromatic carbocycles. The summed E-state index contributed by atoms with van der Waals surface area (Å²) in [4.78, 5) is 0. The normalized spacial score (nSPS) is 32.5. The van der Waals surface area contributed by atoms with Crippen LogP contribution in [0.15, 0.2) is 30.3 Å². The first-order valence-electron chi connectivity index (χ1n) is 8.24. The van der Waals surface area contributed by atoms with Gasteiger partial charge in [-0.1, -0.05) is 43.7 Å². The van der Waals surface area contributed by atoms with Crippen LogP contribution in [0.4, 0.5) is 0 Å². The fourth-order valence-corrected chi connectivity index (χ4v) is 3.94. The van der Waals surface area contributed by atoms with Crippen LogP contribution in [0.1, 0.15) is 38.2 Å². The van der Waals surface area contributed by atoms with Gasteiger partial charge in [0.1, 0.15) is 0 Å². The summed E-state index contributed by atoms with van der Waals surface area (Å²) in [6.07, 6.45) is 4.42. The van der Waals surface area contributed by atoms with Crippen molar-refractivity contribution < 1.29 is 14.6 Å². The van der Waals surface area contributed by atoms with Gasteiger partial charge < -0.3 is 14.6 Å². The molecule has 21 heavy (non-hydrogen) atoms. The van der Waals surface area contributed by atoms with E-state index in [1.54, 1.807) is 0 Å². The molecule has 0 radical (unpaired) electrons. The Morgan fingerprint density at radius 1 is 1.24 bits per heavy atom. The van der Waals surface area contributed by atoms with E-state index in [1.807, 2.05) is 18.2 Å². The van der Waals surface area contributed by atoms with Crippen LogP contribution in [-0.4, -0.2) is 30.0 Å². The van der Waals surface area contributed by atoms with E-state index in [0.717, 1.165) is 25.7 Å². The minimum absolute atomic E-state index is 0.240. The molecule has 1 aromatic rings. The Morgan fingerprint density at radius 2 is 2.00 bits per heavy atom. The van der Waals surface area contributed by atoms with Gasteiger partial charge in [0.25, 0.3) is 0 Å². The lowest BCUT2D eigenvalue weighted by Gasteiger charge is -2.31. The maximum atomic E-state index is 10.4. The van der Waals surface area contributed by atoms with E-state index in [9.17, 15) is 5.11 Å². The summed E-state index contributed by atoms with van der Waals surface area (Å²) in [6.45, 7) is 3.46. The van der Waals surface area contributed by atoms with Gasteiger partial charge in [-0.05, 0) is 24.8 Å². The van der Waals surface area contributed by atoms with E-state index in [0.29, 0.717) is 25.2 Å². The van der Waals surface area contributed by atoms with Crippen molar-refractivity contribution in [3.05, 3.63) is 35.9 Å². The highest BCUT2D eigenvalue weighted by molar-refractivity contribution is 5.13. The average Bonchev–Trinajstić information content (AvgIpc) is 3.09. The minimum atomic E-state index is -0.240. The second-order valence-electron chi connectivity index (χ2n) is 6.39. The highest BCUT2D eigenvalue weighted by atomic mass is 16.5. The van der Waals surface area contributed by atoms with E-state index in [-0.39, 0.29) is 18.1 Å². The zero-order valence-electron chi connectivity index (χ0n) is 12.8. The SMILES string of the molecule is CCCC(O)C1C2CCC(O2)C1COCc1ccccc1. The third-order valence-corrected chi connectivity index (χ3v) is 4.94. The van der Waals surface area contributed by atoms with Crippen molar-refractivity contribution in [2.24, 2.45) is 11.8 Å². The third kappa shape index (κ3) is 3.31. The topological polar surface area (TPSA) is 38.7 Å². The molecule has 3 heteroatoms. The first kappa shape index (κ1) is 15.0. The molecule has 0 aromatic heterocycles. The fourth-order valence-electron chi connectivity index (χ4n) is 3.94. The van der Waals surface area contributed by atoms with Gasteiger partial charge in [-0.15, -0.1) is 0 Å². The molecule has 0 aliphatic carbocycles. The van der Waals surface area contributed by atoms with Crippen LogP contribution in [0.2, 0.25) is 0 Å². The van der Waals surface area contributed by atoms with Crippen molar-refractivity contribution in [3.63, 3.8) is 0 Å². The van der Waals surface area contributed by atoms with Crippen LogP contribution in [-0.2, 0) is 16.1 Å². The summed E-state index contributed by atoms with van der Waals surface area (Å²) >= 11 is 0. The lowest BCUT2D eigenvalue weighted by Crippen LogP contribution is -2.38. The number of hydrogen-bond donors (Lipinski definition) is 1. The second kappa shape index (κ2) is 6.91. The number of fused-ring (bicyclic) bond motifs is 2. The number of ether oxygens (including phenoxy) is 2. The summed E-state index contributed by atoms with van der Waals surface area (Å²) in [7, 11) is 0. The van der Waals surface area contributed by atoms with Crippen LogP contribution in [0.5, 0.6) is 0 Å². The van der Waals surface area contributed by atoms with E-state index >= 15 is 0 Å². The molecule has 3 rings (SSSR count). The van der Waals surface area contributed by atoms with Gasteiger partial charge in [0.15, 0.2) is 0 Å². The van der Waals surface area contributed by atoms with Crippen molar-refractivity contribution in [2.75, 3.05) is 6.61 Å². The van der Waals surface area contributed by atoms with Crippen molar-refractivity contribution in [1.29, 1.82) is 0 Å². The smallest absolute Gasteiger partial charge is 0.0717 e. The predicted molar refractivity (Wildman–Crippen MR) is 81.9 cm³/mol. The zero-order chi connectivity index (χ0) is 14.7. The molecule has 2 aliphatic heterocycles. The summed E-state index contributed by atoms with van der Waals surface area (Å²) < 4.78 is 12.0. The van der Waals surface area contributed by atoms with E-state index < -0.39 is 0 Å². The maximum absolute atomic E-state index is 10.4. The third-order valence-electron chi connectivity index (χ3n) is 4.94. The molecule has 2 bridgehead atoms. The average molecular weight is 290 g/mol. The quantitative estimate of drug-likeness (QED) is 0.838. The Balaban J connectivity index is 1.55. The summed E-state index contributed by atoms with van der Waals surface area (Å²) in [6, 6.07) is 10.3. The number of hydrogen-bond acceptors (Lipinski definition) is 3. The monoisotopic (exact) mass is 290 g/mol. The van der Waals surface area contributed by atoms with E-state index in [4.69, 9.17) is 9.47 Å². The van der Waals surface area contributed by atoms with Gasteiger partial charge in [0.05, 0.1) is 31.5 Å². The van der Waals surface area contributed by atoms with Crippen molar-refractivity contribution in [3.8, 4) is 0 Å². The highest BCUT2D eigenvalue weighted by Crippen LogP contribution is 2.45. The van der Waals surface area contributed by atoms with Crippen LogP contribution in [0.3, 0.4) is 0 Å². The van der Waals surface area contributed by atoms with Crippen molar-refractivity contribution in [1.82, 2.24) is 0 Å². The number of benzene rings is 1. The first-order chi connectivity index (χ1) is 10.3. The van der Waals surface area contributed by atoms with Crippen LogP contribution >= 0.6 is 0 Å². The van der Waals surface area contributed by atoms with Crippen molar-refractivity contribution >= 4 is 0 Å². The summed E-state index contributed by atoms with van der Waals surface area (Å²) in [5, 5.41) is 10.4. The largest absolute Gasteiger partial charge is 0.393 e. The molecule has 0 saturated carbocycles.